The van der Waals surface area contributed by atoms with E-state index in [1.165, 1.54) is 24.3 Å². The molecule has 9 heteroatoms. The van der Waals surface area contributed by atoms with Crippen LogP contribution in [-0.2, 0) is 9.59 Å². The number of non-ortho nitro benzene ring substituents is 1. The molecule has 0 aliphatic carbocycles. The highest BCUT2D eigenvalue weighted by molar-refractivity contribution is 6.39. The normalized spacial score (nSPS) is 10.9. The summed E-state index contributed by atoms with van der Waals surface area (Å²) < 4.78 is 0. The summed E-state index contributed by atoms with van der Waals surface area (Å²) in [6, 6.07) is 11.9. The van der Waals surface area contributed by atoms with Crippen molar-refractivity contribution in [1.29, 1.82) is 0 Å². The second-order valence-corrected chi connectivity index (χ2v) is 5.34. The van der Waals surface area contributed by atoms with Crippen molar-refractivity contribution in [2.24, 2.45) is 5.10 Å². The highest BCUT2D eigenvalue weighted by Gasteiger charge is 2.13. The van der Waals surface area contributed by atoms with Gasteiger partial charge in [0.1, 0.15) is 0 Å². The summed E-state index contributed by atoms with van der Waals surface area (Å²) in [5, 5.41) is 17.3. The topological polar surface area (TPSA) is 114 Å². The van der Waals surface area contributed by atoms with E-state index < -0.39 is 16.7 Å². The number of halogens is 1. The second-order valence-electron chi connectivity index (χ2n) is 4.90. The molecule has 0 atom stereocenters. The summed E-state index contributed by atoms with van der Waals surface area (Å²) >= 11 is 5.73. The van der Waals surface area contributed by atoms with Crippen LogP contribution in [0.25, 0.3) is 0 Å². The van der Waals surface area contributed by atoms with Gasteiger partial charge in [-0.15, -0.1) is 0 Å². The monoisotopic (exact) mass is 360 g/mol. The summed E-state index contributed by atoms with van der Waals surface area (Å²) in [5.41, 5.74) is 3.46. The van der Waals surface area contributed by atoms with Crippen molar-refractivity contribution in [2.75, 3.05) is 5.32 Å². The molecule has 0 aliphatic heterocycles. The third kappa shape index (κ3) is 5.11. The maximum Gasteiger partial charge on any atom is 0.329 e. The molecule has 0 bridgehead atoms. The van der Waals surface area contributed by atoms with Crippen LogP contribution in [-0.4, -0.2) is 22.4 Å². The van der Waals surface area contributed by atoms with Gasteiger partial charge in [0.15, 0.2) is 0 Å². The SMILES string of the molecule is C/C(=N/NC(=O)C(=O)Nc1ccc(Cl)cc1)c1ccc([N+](=O)[O-])cc1. The molecule has 0 heterocycles. The summed E-state index contributed by atoms with van der Waals surface area (Å²) in [4.78, 5) is 33.6. The predicted octanol–water partition coefficient (Wildman–Crippen LogP) is 2.73. The van der Waals surface area contributed by atoms with Crippen molar-refractivity contribution in [2.45, 2.75) is 6.92 Å². The Labute approximate surface area is 147 Å². The Kier molecular flexibility index (Phi) is 5.80. The van der Waals surface area contributed by atoms with Crippen molar-refractivity contribution in [3.05, 3.63) is 69.2 Å². The zero-order valence-electron chi connectivity index (χ0n) is 13.0. The number of hydrogen-bond donors (Lipinski definition) is 2. The molecule has 0 saturated carbocycles. The van der Waals surface area contributed by atoms with Gasteiger partial charge in [0.25, 0.3) is 5.69 Å². The predicted molar refractivity (Wildman–Crippen MR) is 93.5 cm³/mol. The van der Waals surface area contributed by atoms with E-state index in [2.05, 4.69) is 15.8 Å². The fourth-order valence-electron chi connectivity index (χ4n) is 1.80. The fourth-order valence-corrected chi connectivity index (χ4v) is 1.92. The van der Waals surface area contributed by atoms with E-state index in [1.807, 2.05) is 0 Å². The molecule has 0 spiro atoms. The Morgan fingerprint density at radius 2 is 1.64 bits per heavy atom. The number of hydrogen-bond acceptors (Lipinski definition) is 5. The van der Waals surface area contributed by atoms with Crippen LogP contribution in [0.2, 0.25) is 5.02 Å². The van der Waals surface area contributed by atoms with Crippen molar-refractivity contribution in [3.63, 3.8) is 0 Å². The van der Waals surface area contributed by atoms with E-state index in [0.717, 1.165) is 0 Å². The number of nitro groups is 1. The Morgan fingerprint density at radius 3 is 2.20 bits per heavy atom. The minimum absolute atomic E-state index is 0.0528. The summed E-state index contributed by atoms with van der Waals surface area (Å²) in [5.74, 6) is -1.83. The largest absolute Gasteiger partial charge is 0.329 e. The van der Waals surface area contributed by atoms with E-state index in [1.54, 1.807) is 31.2 Å². The Balaban J connectivity index is 1.96. The number of anilines is 1. The molecule has 2 N–H and O–H groups in total. The van der Waals surface area contributed by atoms with Gasteiger partial charge in [-0.25, -0.2) is 5.43 Å². The maximum atomic E-state index is 11.8. The van der Waals surface area contributed by atoms with Crippen molar-refractivity contribution >= 4 is 40.5 Å². The van der Waals surface area contributed by atoms with Crippen LogP contribution in [0.4, 0.5) is 11.4 Å². The molecule has 2 amide bonds. The molecule has 8 nitrogen and oxygen atoms in total. The molecule has 25 heavy (non-hydrogen) atoms. The van der Waals surface area contributed by atoms with Gasteiger partial charge in [-0.1, -0.05) is 11.6 Å². The van der Waals surface area contributed by atoms with Gasteiger partial charge in [-0.2, -0.15) is 5.10 Å². The lowest BCUT2D eigenvalue weighted by atomic mass is 10.1. The molecule has 0 saturated heterocycles. The highest BCUT2D eigenvalue weighted by atomic mass is 35.5. The smallest absolute Gasteiger partial charge is 0.318 e. The fraction of sp³-hybridized carbons (Fsp3) is 0.0625. The van der Waals surface area contributed by atoms with Gasteiger partial charge < -0.3 is 5.32 Å². The maximum absolute atomic E-state index is 11.8. The quantitative estimate of drug-likeness (QED) is 0.377. The Morgan fingerprint density at radius 1 is 1.04 bits per heavy atom. The first-order valence-corrected chi connectivity index (χ1v) is 7.40. The molecule has 128 valence electrons. The number of hydrazone groups is 1. The number of nitrogens with one attached hydrogen (secondary N) is 2. The van der Waals surface area contributed by atoms with E-state index in [0.29, 0.717) is 22.0 Å². The Bertz CT molecular complexity index is 832. The molecule has 0 unspecified atom stereocenters. The van der Waals surface area contributed by atoms with Crippen LogP contribution in [0.3, 0.4) is 0 Å². The summed E-state index contributed by atoms with van der Waals surface area (Å²) in [6.45, 7) is 1.60. The number of nitrogens with zero attached hydrogens (tertiary/aromatic N) is 2. The average molecular weight is 361 g/mol. The third-order valence-corrected chi connectivity index (χ3v) is 3.38. The highest BCUT2D eigenvalue weighted by Crippen LogP contribution is 2.13. The third-order valence-electron chi connectivity index (χ3n) is 3.13. The summed E-state index contributed by atoms with van der Waals surface area (Å²) in [6.07, 6.45) is 0. The molecule has 0 radical (unpaired) electrons. The van der Waals surface area contributed by atoms with E-state index >= 15 is 0 Å². The molecular formula is C16H13ClN4O4. The minimum Gasteiger partial charge on any atom is -0.318 e. The number of amides is 2. The van der Waals surface area contributed by atoms with Gasteiger partial charge >= 0.3 is 11.8 Å². The van der Waals surface area contributed by atoms with E-state index in [4.69, 9.17) is 11.6 Å². The zero-order chi connectivity index (χ0) is 18.4. The van der Waals surface area contributed by atoms with Crippen LogP contribution >= 0.6 is 11.6 Å². The first kappa shape index (κ1) is 18.1. The van der Waals surface area contributed by atoms with Crippen molar-refractivity contribution in [3.8, 4) is 0 Å². The van der Waals surface area contributed by atoms with Crippen molar-refractivity contribution in [1.82, 2.24) is 5.43 Å². The lowest BCUT2D eigenvalue weighted by Gasteiger charge is -2.05. The number of nitro benzene ring substituents is 1. The van der Waals surface area contributed by atoms with E-state index in [9.17, 15) is 19.7 Å². The molecule has 0 aliphatic rings. The van der Waals surface area contributed by atoms with Crippen molar-refractivity contribution < 1.29 is 14.5 Å². The lowest BCUT2D eigenvalue weighted by Crippen LogP contribution is -2.32. The number of carbonyl (C=O) groups excluding carboxylic acids is 2. The summed E-state index contributed by atoms with van der Waals surface area (Å²) in [7, 11) is 0. The first-order valence-electron chi connectivity index (χ1n) is 7.03. The van der Waals surface area contributed by atoms with Gasteiger partial charge in [0, 0.05) is 22.8 Å². The van der Waals surface area contributed by atoms with Crippen LogP contribution in [0.1, 0.15) is 12.5 Å². The average Bonchev–Trinajstić information content (AvgIpc) is 2.61. The van der Waals surface area contributed by atoms with Gasteiger partial charge in [0.2, 0.25) is 0 Å². The number of rotatable bonds is 4. The molecule has 0 fully saturated rings. The zero-order valence-corrected chi connectivity index (χ0v) is 13.8. The van der Waals surface area contributed by atoms with Crippen LogP contribution in [0.5, 0.6) is 0 Å². The van der Waals surface area contributed by atoms with Crippen LogP contribution in [0.15, 0.2) is 53.6 Å². The van der Waals surface area contributed by atoms with Gasteiger partial charge in [0.05, 0.1) is 10.6 Å². The van der Waals surface area contributed by atoms with Crippen LogP contribution < -0.4 is 10.7 Å². The molecule has 2 aromatic rings. The van der Waals surface area contributed by atoms with Gasteiger partial charge in [-0.3, -0.25) is 19.7 Å². The lowest BCUT2D eigenvalue weighted by molar-refractivity contribution is -0.384. The van der Waals surface area contributed by atoms with E-state index in [-0.39, 0.29) is 5.69 Å². The molecule has 2 rings (SSSR count). The Hall–Kier alpha value is -3.26. The second kappa shape index (κ2) is 8.02. The van der Waals surface area contributed by atoms with Crippen LogP contribution in [0, 0.1) is 10.1 Å². The number of carbonyl (C=O) groups is 2. The number of benzene rings is 2. The molecular weight excluding hydrogens is 348 g/mol. The molecule has 2 aromatic carbocycles. The standard InChI is InChI=1S/C16H13ClN4O4/c1-10(11-2-8-14(9-3-11)21(24)25)19-20-16(23)15(22)18-13-6-4-12(17)5-7-13/h2-9H,1H3,(H,18,22)(H,20,23)/b19-10-. The molecule has 0 aromatic heterocycles. The minimum atomic E-state index is -0.948. The first-order chi connectivity index (χ1) is 11.9. The van der Waals surface area contributed by atoms with Gasteiger partial charge in [-0.05, 0) is 48.9 Å².